The minimum atomic E-state index is -0.138. The van der Waals surface area contributed by atoms with Gasteiger partial charge < -0.3 is 20.2 Å². The normalized spacial score (nSPS) is 11.2. The number of rotatable bonds is 11. The quantitative estimate of drug-likeness (QED) is 0.432. The first-order chi connectivity index (χ1) is 12.7. The molecule has 0 bridgehead atoms. The van der Waals surface area contributed by atoms with E-state index in [1.54, 1.807) is 22.3 Å². The van der Waals surface area contributed by atoms with Crippen LogP contribution >= 0.6 is 23.1 Å². The highest BCUT2D eigenvalue weighted by molar-refractivity contribution is 7.98. The number of anilines is 1. The second-order valence-electron chi connectivity index (χ2n) is 5.72. The summed E-state index contributed by atoms with van der Waals surface area (Å²) in [6, 6.07) is 6.14. The number of hydrogen-bond donors (Lipinski definition) is 3. The molecule has 0 aliphatic heterocycles. The predicted molar refractivity (Wildman–Crippen MR) is 105 cm³/mol. The Bertz CT molecular complexity index is 785. The Morgan fingerprint density at radius 3 is 3.08 bits per heavy atom. The summed E-state index contributed by atoms with van der Waals surface area (Å²) in [6.45, 7) is 2.28. The van der Waals surface area contributed by atoms with Crippen molar-refractivity contribution >= 4 is 29.0 Å². The zero-order valence-electron chi connectivity index (χ0n) is 14.6. The van der Waals surface area contributed by atoms with E-state index in [9.17, 15) is 0 Å². The molecule has 9 heteroatoms. The van der Waals surface area contributed by atoms with E-state index in [1.807, 2.05) is 30.9 Å². The van der Waals surface area contributed by atoms with Crippen LogP contribution in [0.25, 0.3) is 0 Å². The second kappa shape index (κ2) is 9.77. The fraction of sp³-hybridized carbons (Fsp3) is 0.412. The van der Waals surface area contributed by atoms with Crippen molar-refractivity contribution in [3.63, 3.8) is 0 Å². The third kappa shape index (κ3) is 5.60. The number of nitrogens with one attached hydrogen (secondary N) is 2. The number of thiophene rings is 1. The van der Waals surface area contributed by atoms with E-state index in [0.29, 0.717) is 11.8 Å². The number of aromatic nitrogens is 3. The number of aryl methyl sites for hydroxylation is 1. The third-order valence-corrected chi connectivity index (χ3v) is 5.65. The molecule has 0 aliphatic carbocycles. The number of aliphatic hydroxyl groups excluding tert-OH is 1. The van der Waals surface area contributed by atoms with Gasteiger partial charge in [-0.2, -0.15) is 21.8 Å². The summed E-state index contributed by atoms with van der Waals surface area (Å²) >= 11 is 3.67. The molecule has 0 saturated heterocycles. The van der Waals surface area contributed by atoms with Crippen molar-refractivity contribution in [3.05, 3.63) is 51.9 Å². The van der Waals surface area contributed by atoms with Crippen molar-refractivity contribution in [1.82, 2.24) is 20.1 Å². The summed E-state index contributed by atoms with van der Waals surface area (Å²) in [6.07, 6.45) is 1.70. The lowest BCUT2D eigenvalue weighted by atomic mass is 10.3. The fourth-order valence-electron chi connectivity index (χ4n) is 2.40. The zero-order chi connectivity index (χ0) is 18.2. The van der Waals surface area contributed by atoms with Crippen LogP contribution < -0.4 is 10.6 Å². The lowest BCUT2D eigenvalue weighted by molar-refractivity contribution is 0.271. The monoisotopic (exact) mass is 393 g/mol. The largest absolute Gasteiger partial charge is 0.468 e. The smallest absolute Gasteiger partial charge is 0.221 e. The SMILES string of the molecule is Cn1nc(CO)nc1NCCSCc1csc(CNCc2ccco2)c1. The van der Waals surface area contributed by atoms with Crippen LogP contribution in [0.1, 0.15) is 22.0 Å². The Kier molecular flexibility index (Phi) is 7.13. The molecule has 0 spiro atoms. The van der Waals surface area contributed by atoms with Gasteiger partial charge in [0.2, 0.25) is 5.95 Å². The highest BCUT2D eigenvalue weighted by atomic mass is 32.2. The molecule has 0 fully saturated rings. The van der Waals surface area contributed by atoms with E-state index < -0.39 is 0 Å². The molecular formula is C17H23N5O2S2. The van der Waals surface area contributed by atoms with Crippen molar-refractivity contribution in [2.24, 2.45) is 7.05 Å². The topological polar surface area (TPSA) is 88.1 Å². The maximum Gasteiger partial charge on any atom is 0.221 e. The Hall–Kier alpha value is -1.81. The summed E-state index contributed by atoms with van der Waals surface area (Å²) < 4.78 is 6.96. The van der Waals surface area contributed by atoms with Gasteiger partial charge in [0, 0.05) is 36.5 Å². The Morgan fingerprint density at radius 2 is 2.31 bits per heavy atom. The van der Waals surface area contributed by atoms with E-state index >= 15 is 0 Å². The van der Waals surface area contributed by atoms with E-state index in [1.165, 1.54) is 10.4 Å². The van der Waals surface area contributed by atoms with Crippen molar-refractivity contribution in [2.75, 3.05) is 17.6 Å². The Labute approximate surface area is 160 Å². The molecule has 0 amide bonds. The summed E-state index contributed by atoms with van der Waals surface area (Å²) in [7, 11) is 1.81. The van der Waals surface area contributed by atoms with Gasteiger partial charge in [-0.15, -0.1) is 11.3 Å². The van der Waals surface area contributed by atoms with E-state index in [-0.39, 0.29) is 6.61 Å². The van der Waals surface area contributed by atoms with E-state index in [4.69, 9.17) is 9.52 Å². The van der Waals surface area contributed by atoms with Crippen molar-refractivity contribution in [1.29, 1.82) is 0 Å². The molecule has 140 valence electrons. The van der Waals surface area contributed by atoms with Gasteiger partial charge in [-0.05, 0) is 29.1 Å². The van der Waals surface area contributed by atoms with Crippen LogP contribution in [0.4, 0.5) is 5.95 Å². The van der Waals surface area contributed by atoms with Crippen LogP contribution in [0.2, 0.25) is 0 Å². The van der Waals surface area contributed by atoms with Gasteiger partial charge in [-0.1, -0.05) is 0 Å². The average molecular weight is 394 g/mol. The summed E-state index contributed by atoms with van der Waals surface area (Å²) in [4.78, 5) is 5.54. The standard InChI is InChI=1S/C17H23N5O2S2/c1-22-17(20-16(10-23)21-22)19-4-6-25-11-13-7-15(26-12-13)9-18-8-14-3-2-5-24-14/h2-3,5,7,12,18,23H,4,6,8-11H2,1H3,(H,19,20,21). The molecule has 0 unspecified atom stereocenters. The Balaban J connectivity index is 1.31. The summed E-state index contributed by atoms with van der Waals surface area (Å²) in [5, 5.41) is 22.0. The van der Waals surface area contributed by atoms with Crippen LogP contribution in [-0.4, -0.2) is 32.2 Å². The number of aliphatic hydroxyl groups is 1. The molecule has 0 saturated carbocycles. The van der Waals surface area contributed by atoms with Gasteiger partial charge in [-0.3, -0.25) is 0 Å². The lowest BCUT2D eigenvalue weighted by Gasteiger charge is -2.04. The molecule has 0 aromatic carbocycles. The molecule has 3 aromatic heterocycles. The van der Waals surface area contributed by atoms with Crippen LogP contribution in [0.3, 0.4) is 0 Å². The van der Waals surface area contributed by atoms with Gasteiger partial charge in [0.05, 0.1) is 12.8 Å². The number of furan rings is 1. The highest BCUT2D eigenvalue weighted by Gasteiger charge is 2.05. The number of thioether (sulfide) groups is 1. The minimum absolute atomic E-state index is 0.138. The maximum absolute atomic E-state index is 9.04. The third-order valence-electron chi connectivity index (χ3n) is 3.63. The van der Waals surface area contributed by atoms with Crippen molar-refractivity contribution in [2.45, 2.75) is 25.4 Å². The molecule has 0 aliphatic rings. The van der Waals surface area contributed by atoms with Gasteiger partial charge in [-0.25, -0.2) is 4.68 Å². The first-order valence-electron chi connectivity index (χ1n) is 8.36. The summed E-state index contributed by atoms with van der Waals surface area (Å²) in [5.41, 5.74) is 1.36. The molecular weight excluding hydrogens is 370 g/mol. The molecule has 3 heterocycles. The first-order valence-corrected chi connectivity index (χ1v) is 10.4. The van der Waals surface area contributed by atoms with Crippen molar-refractivity contribution in [3.8, 4) is 0 Å². The zero-order valence-corrected chi connectivity index (χ0v) is 16.3. The number of nitrogens with zero attached hydrogens (tertiary/aromatic N) is 3. The van der Waals surface area contributed by atoms with Crippen LogP contribution in [0, 0.1) is 0 Å². The Morgan fingerprint density at radius 1 is 1.38 bits per heavy atom. The van der Waals surface area contributed by atoms with Crippen molar-refractivity contribution < 1.29 is 9.52 Å². The molecule has 3 N–H and O–H groups in total. The summed E-state index contributed by atoms with van der Waals surface area (Å²) in [5.74, 6) is 4.06. The molecule has 26 heavy (non-hydrogen) atoms. The molecule has 0 atom stereocenters. The van der Waals surface area contributed by atoms with Gasteiger partial charge in [0.15, 0.2) is 5.82 Å². The highest BCUT2D eigenvalue weighted by Crippen LogP contribution is 2.20. The lowest BCUT2D eigenvalue weighted by Crippen LogP contribution is -2.11. The second-order valence-corrected chi connectivity index (χ2v) is 7.82. The minimum Gasteiger partial charge on any atom is -0.468 e. The van der Waals surface area contributed by atoms with E-state index in [2.05, 4.69) is 32.2 Å². The van der Waals surface area contributed by atoms with Crippen LogP contribution in [0.5, 0.6) is 0 Å². The van der Waals surface area contributed by atoms with Gasteiger partial charge >= 0.3 is 0 Å². The predicted octanol–water partition coefficient (Wildman–Crippen LogP) is 2.60. The fourth-order valence-corrected chi connectivity index (χ4v) is 4.16. The molecule has 7 nitrogen and oxygen atoms in total. The van der Waals surface area contributed by atoms with Gasteiger partial charge in [0.25, 0.3) is 0 Å². The molecule has 3 aromatic rings. The molecule has 3 rings (SSSR count). The molecule has 0 radical (unpaired) electrons. The number of hydrogen-bond acceptors (Lipinski definition) is 8. The average Bonchev–Trinajstić information content (AvgIpc) is 3.37. The van der Waals surface area contributed by atoms with Gasteiger partial charge in [0.1, 0.15) is 12.4 Å². The van der Waals surface area contributed by atoms with Crippen LogP contribution in [0.15, 0.2) is 34.3 Å². The first kappa shape index (κ1) is 19.0. The van der Waals surface area contributed by atoms with E-state index in [0.717, 1.165) is 36.9 Å². The van der Waals surface area contributed by atoms with Crippen LogP contribution in [-0.2, 0) is 32.5 Å². The maximum atomic E-state index is 9.04.